The Morgan fingerprint density at radius 1 is 1.33 bits per heavy atom. The van der Waals surface area contributed by atoms with Gasteiger partial charge in [0.15, 0.2) is 0 Å². The van der Waals surface area contributed by atoms with Crippen LogP contribution >= 0.6 is 0 Å². The molecule has 0 bridgehead atoms. The summed E-state index contributed by atoms with van der Waals surface area (Å²) in [6.07, 6.45) is 9.52. The van der Waals surface area contributed by atoms with Gasteiger partial charge in [-0.05, 0) is 25.5 Å². The summed E-state index contributed by atoms with van der Waals surface area (Å²) >= 11 is 0. The van der Waals surface area contributed by atoms with E-state index < -0.39 is 0 Å². The minimum atomic E-state index is 0.473. The zero-order valence-electron chi connectivity index (χ0n) is 9.31. The van der Waals surface area contributed by atoms with Gasteiger partial charge in [0.2, 0.25) is 0 Å². The second-order valence-electron chi connectivity index (χ2n) is 3.42. The van der Waals surface area contributed by atoms with Crippen molar-refractivity contribution in [3.8, 4) is 0 Å². The van der Waals surface area contributed by atoms with Gasteiger partial charge in [-0.2, -0.15) is 0 Å². The van der Waals surface area contributed by atoms with E-state index in [1.165, 1.54) is 5.57 Å². The van der Waals surface area contributed by atoms with Crippen molar-refractivity contribution in [2.75, 3.05) is 13.2 Å². The van der Waals surface area contributed by atoms with E-state index in [-0.39, 0.29) is 0 Å². The summed E-state index contributed by atoms with van der Waals surface area (Å²) in [5.74, 6) is 1.01. The molecule has 1 rings (SSSR count). The molecule has 0 atom stereocenters. The number of hydrogen-bond donors (Lipinski definition) is 1. The highest BCUT2D eigenvalue weighted by Gasteiger charge is 2.21. The highest BCUT2D eigenvalue weighted by molar-refractivity contribution is 5.92. The molecule has 0 unspecified atom stereocenters. The van der Waals surface area contributed by atoms with Gasteiger partial charge in [0, 0.05) is 12.1 Å². The maximum Gasteiger partial charge on any atom is 0.123 e. The Kier molecular flexibility index (Phi) is 4.84. The van der Waals surface area contributed by atoms with Crippen LogP contribution < -0.4 is 5.73 Å². The molecule has 0 radical (unpaired) electrons. The van der Waals surface area contributed by atoms with E-state index in [9.17, 15) is 0 Å². The van der Waals surface area contributed by atoms with Gasteiger partial charge in [0.05, 0.1) is 13.2 Å². The number of ether oxygens (including phenoxy) is 1. The lowest BCUT2D eigenvalue weighted by Crippen LogP contribution is -2.29. The van der Waals surface area contributed by atoms with Gasteiger partial charge in [0.25, 0.3) is 0 Å². The van der Waals surface area contributed by atoms with Crippen molar-refractivity contribution in [1.82, 2.24) is 0 Å². The topological polar surface area (TPSA) is 47.6 Å². The van der Waals surface area contributed by atoms with Gasteiger partial charge >= 0.3 is 0 Å². The van der Waals surface area contributed by atoms with Gasteiger partial charge in [-0.15, -0.1) is 0 Å². The van der Waals surface area contributed by atoms with Crippen LogP contribution in [0.1, 0.15) is 13.8 Å². The van der Waals surface area contributed by atoms with Crippen LogP contribution in [0.4, 0.5) is 0 Å². The Balaban J connectivity index is 2.73. The van der Waals surface area contributed by atoms with E-state index in [0.29, 0.717) is 11.8 Å². The number of allylic oxidation sites excluding steroid dienone is 3. The van der Waals surface area contributed by atoms with E-state index in [0.717, 1.165) is 13.2 Å². The number of amidine groups is 1. The summed E-state index contributed by atoms with van der Waals surface area (Å²) in [5.41, 5.74) is 6.94. The highest BCUT2D eigenvalue weighted by atomic mass is 16.5. The first kappa shape index (κ1) is 11.7. The minimum absolute atomic E-state index is 0.473. The van der Waals surface area contributed by atoms with Crippen LogP contribution in [0, 0.1) is 5.92 Å². The third kappa shape index (κ3) is 3.72. The lowest BCUT2D eigenvalue weighted by atomic mass is 9.96. The SMILES string of the molecule is C\C=C/N=C(N)/C=C(\C=C/C)C1COC1. The third-order valence-corrected chi connectivity index (χ3v) is 2.16. The Labute approximate surface area is 91.0 Å². The molecule has 1 heterocycles. The van der Waals surface area contributed by atoms with E-state index in [1.54, 1.807) is 6.20 Å². The quantitative estimate of drug-likeness (QED) is 0.434. The fourth-order valence-electron chi connectivity index (χ4n) is 1.29. The maximum absolute atomic E-state index is 5.76. The number of nitrogens with two attached hydrogens (primary N) is 1. The second kappa shape index (κ2) is 6.19. The van der Waals surface area contributed by atoms with Gasteiger partial charge in [0.1, 0.15) is 5.84 Å². The van der Waals surface area contributed by atoms with Gasteiger partial charge in [-0.1, -0.05) is 18.2 Å². The molecule has 1 fully saturated rings. The Bertz CT molecular complexity index is 310. The van der Waals surface area contributed by atoms with Crippen molar-refractivity contribution < 1.29 is 4.74 Å². The molecule has 0 spiro atoms. The first-order valence-corrected chi connectivity index (χ1v) is 5.14. The molecule has 0 aromatic rings. The van der Waals surface area contributed by atoms with Crippen LogP contribution in [-0.4, -0.2) is 19.0 Å². The molecule has 0 aliphatic carbocycles. The van der Waals surface area contributed by atoms with Crippen LogP contribution in [0.15, 0.2) is 41.1 Å². The zero-order valence-corrected chi connectivity index (χ0v) is 9.31. The summed E-state index contributed by atoms with van der Waals surface area (Å²) in [6, 6.07) is 0. The number of aliphatic imine (C=N–C) groups is 1. The zero-order chi connectivity index (χ0) is 11.1. The second-order valence-corrected chi connectivity index (χ2v) is 3.42. The molecular formula is C12H18N2O. The summed E-state index contributed by atoms with van der Waals surface area (Å²) in [7, 11) is 0. The predicted octanol–water partition coefficient (Wildman–Crippen LogP) is 2.03. The van der Waals surface area contributed by atoms with Crippen molar-refractivity contribution in [1.29, 1.82) is 0 Å². The molecule has 1 aliphatic rings. The van der Waals surface area contributed by atoms with E-state index >= 15 is 0 Å². The molecule has 1 saturated heterocycles. The van der Waals surface area contributed by atoms with Gasteiger partial charge in [-0.3, -0.25) is 0 Å². The van der Waals surface area contributed by atoms with E-state index in [1.807, 2.05) is 32.1 Å². The summed E-state index contributed by atoms with van der Waals surface area (Å²) < 4.78 is 5.16. The molecule has 82 valence electrons. The third-order valence-electron chi connectivity index (χ3n) is 2.16. The monoisotopic (exact) mass is 206 g/mol. The standard InChI is InChI=1S/C12H18N2O/c1-3-5-10(11-8-15-9-11)7-12(13)14-6-4-2/h3-7,11H,8-9H2,1-2H3,(H2,13,14)/b5-3-,6-4-,10-7+. The lowest BCUT2D eigenvalue weighted by molar-refractivity contribution is -0.0116. The van der Waals surface area contributed by atoms with E-state index in [2.05, 4.69) is 11.1 Å². The fraction of sp³-hybridized carbons (Fsp3) is 0.417. The van der Waals surface area contributed by atoms with Crippen molar-refractivity contribution in [2.24, 2.45) is 16.6 Å². The average Bonchev–Trinajstić information content (AvgIpc) is 2.12. The number of rotatable bonds is 4. The molecule has 3 nitrogen and oxygen atoms in total. The largest absolute Gasteiger partial charge is 0.384 e. The lowest BCUT2D eigenvalue weighted by Gasteiger charge is -2.27. The van der Waals surface area contributed by atoms with Crippen LogP contribution in [0.2, 0.25) is 0 Å². The normalized spacial score (nSPS) is 20.1. The number of nitrogens with zero attached hydrogens (tertiary/aromatic N) is 1. The number of hydrogen-bond acceptors (Lipinski definition) is 2. The molecule has 0 saturated carbocycles. The Morgan fingerprint density at radius 2 is 2.07 bits per heavy atom. The van der Waals surface area contributed by atoms with Crippen molar-refractivity contribution in [3.05, 3.63) is 36.1 Å². The Morgan fingerprint density at radius 3 is 2.53 bits per heavy atom. The Hall–Kier alpha value is -1.35. The molecule has 2 N–H and O–H groups in total. The van der Waals surface area contributed by atoms with Crippen LogP contribution in [0.25, 0.3) is 0 Å². The first-order chi connectivity index (χ1) is 7.27. The van der Waals surface area contributed by atoms with Gasteiger partial charge < -0.3 is 10.5 Å². The predicted molar refractivity (Wildman–Crippen MR) is 63.6 cm³/mol. The molecular weight excluding hydrogens is 188 g/mol. The van der Waals surface area contributed by atoms with Gasteiger partial charge in [-0.25, -0.2) is 4.99 Å². The van der Waals surface area contributed by atoms with Crippen molar-refractivity contribution in [3.63, 3.8) is 0 Å². The first-order valence-electron chi connectivity index (χ1n) is 5.14. The summed E-state index contributed by atoms with van der Waals surface area (Å²) in [5, 5.41) is 0. The highest BCUT2D eigenvalue weighted by Crippen LogP contribution is 2.21. The molecule has 1 aliphatic heterocycles. The molecule has 3 heteroatoms. The molecule has 15 heavy (non-hydrogen) atoms. The maximum atomic E-state index is 5.76. The van der Waals surface area contributed by atoms with E-state index in [4.69, 9.17) is 10.5 Å². The van der Waals surface area contributed by atoms with Crippen LogP contribution in [0.5, 0.6) is 0 Å². The van der Waals surface area contributed by atoms with Crippen molar-refractivity contribution >= 4 is 5.84 Å². The summed E-state index contributed by atoms with van der Waals surface area (Å²) in [4.78, 5) is 4.07. The fourth-order valence-corrected chi connectivity index (χ4v) is 1.29. The molecule has 0 amide bonds. The van der Waals surface area contributed by atoms with Crippen molar-refractivity contribution in [2.45, 2.75) is 13.8 Å². The van der Waals surface area contributed by atoms with Crippen LogP contribution in [0.3, 0.4) is 0 Å². The minimum Gasteiger partial charge on any atom is -0.384 e. The summed E-state index contributed by atoms with van der Waals surface area (Å²) in [6.45, 7) is 5.47. The molecule has 0 aromatic carbocycles. The smallest absolute Gasteiger partial charge is 0.123 e. The van der Waals surface area contributed by atoms with Crippen LogP contribution in [-0.2, 0) is 4.74 Å². The average molecular weight is 206 g/mol. The molecule has 0 aromatic heterocycles.